The Morgan fingerprint density at radius 3 is 3.05 bits per heavy atom. The maximum absolute atomic E-state index is 9.29. The molecule has 1 aromatic carbocycles. The third-order valence-electron chi connectivity index (χ3n) is 3.29. The van der Waals surface area contributed by atoms with Gasteiger partial charge in [0.05, 0.1) is 29.5 Å². The van der Waals surface area contributed by atoms with E-state index in [4.69, 9.17) is 0 Å². The van der Waals surface area contributed by atoms with Crippen molar-refractivity contribution in [1.82, 2.24) is 14.9 Å². The molecule has 0 unspecified atom stereocenters. The first kappa shape index (κ1) is 11.5. The number of guanidine groups is 1. The number of aryl methyl sites for hydroxylation is 2. The van der Waals surface area contributed by atoms with Crippen LogP contribution < -0.4 is 10.6 Å². The summed E-state index contributed by atoms with van der Waals surface area (Å²) in [6.45, 7) is 3.62. The molecule has 0 saturated heterocycles. The first-order chi connectivity index (χ1) is 9.20. The van der Waals surface area contributed by atoms with E-state index in [9.17, 15) is 5.26 Å². The standard InChI is InChI=1S/C13H14N6/c1-8-10(18-13-15-3-4-16-13)5-9(6-14)12-11(8)17-7-19(12)2/h5,7H,3-4H2,1-2H3,(H2,15,16,18). The number of nitrogens with zero attached hydrogens (tertiary/aromatic N) is 4. The van der Waals surface area contributed by atoms with E-state index in [0.29, 0.717) is 5.56 Å². The zero-order valence-electron chi connectivity index (χ0n) is 10.9. The van der Waals surface area contributed by atoms with Gasteiger partial charge in [-0.15, -0.1) is 0 Å². The second-order valence-electron chi connectivity index (χ2n) is 4.54. The largest absolute Gasteiger partial charge is 0.354 e. The normalized spacial score (nSPS) is 14.1. The van der Waals surface area contributed by atoms with E-state index < -0.39 is 0 Å². The zero-order valence-corrected chi connectivity index (χ0v) is 10.9. The van der Waals surface area contributed by atoms with E-state index in [0.717, 1.165) is 41.3 Å². The number of nitriles is 1. The monoisotopic (exact) mass is 254 g/mol. The molecule has 1 aliphatic rings. The Kier molecular flexibility index (Phi) is 2.60. The van der Waals surface area contributed by atoms with Gasteiger partial charge in [0.15, 0.2) is 5.96 Å². The Hall–Kier alpha value is -2.55. The molecule has 6 heteroatoms. The minimum atomic E-state index is 0.613. The molecule has 1 aliphatic heterocycles. The summed E-state index contributed by atoms with van der Waals surface area (Å²) >= 11 is 0. The number of rotatable bonds is 1. The molecule has 0 saturated carbocycles. The number of hydrogen-bond acceptors (Lipinski definition) is 5. The van der Waals surface area contributed by atoms with Gasteiger partial charge in [0.25, 0.3) is 0 Å². The number of aliphatic imine (C=N–C) groups is 1. The van der Waals surface area contributed by atoms with Gasteiger partial charge in [-0.05, 0) is 13.0 Å². The van der Waals surface area contributed by atoms with Gasteiger partial charge in [-0.25, -0.2) is 4.98 Å². The molecule has 0 radical (unpaired) electrons. The highest BCUT2D eigenvalue weighted by atomic mass is 15.2. The quantitative estimate of drug-likeness (QED) is 0.799. The van der Waals surface area contributed by atoms with Crippen molar-refractivity contribution in [2.24, 2.45) is 12.0 Å². The molecular formula is C13H14N6. The first-order valence-corrected chi connectivity index (χ1v) is 6.11. The van der Waals surface area contributed by atoms with E-state index in [1.807, 2.05) is 24.6 Å². The van der Waals surface area contributed by atoms with Crippen LogP contribution in [0.2, 0.25) is 0 Å². The third-order valence-corrected chi connectivity index (χ3v) is 3.29. The van der Waals surface area contributed by atoms with Gasteiger partial charge in [-0.2, -0.15) is 5.26 Å². The average Bonchev–Trinajstić information content (AvgIpc) is 3.03. The highest BCUT2D eigenvalue weighted by Crippen LogP contribution is 2.27. The van der Waals surface area contributed by atoms with E-state index in [1.54, 1.807) is 6.33 Å². The lowest BCUT2D eigenvalue weighted by Gasteiger charge is -2.11. The summed E-state index contributed by atoms with van der Waals surface area (Å²) in [7, 11) is 1.89. The van der Waals surface area contributed by atoms with Crippen molar-refractivity contribution in [1.29, 1.82) is 5.26 Å². The SMILES string of the molecule is Cc1c(NC2=NCCN2)cc(C#N)c2c1ncn2C. The maximum atomic E-state index is 9.29. The van der Waals surface area contributed by atoms with Crippen molar-refractivity contribution in [2.75, 3.05) is 18.4 Å². The van der Waals surface area contributed by atoms with Crippen LogP contribution in [0.4, 0.5) is 5.69 Å². The molecule has 0 spiro atoms. The molecule has 19 heavy (non-hydrogen) atoms. The fraction of sp³-hybridized carbons (Fsp3) is 0.308. The Morgan fingerprint density at radius 2 is 2.37 bits per heavy atom. The van der Waals surface area contributed by atoms with Crippen LogP contribution in [0.25, 0.3) is 11.0 Å². The molecule has 96 valence electrons. The van der Waals surface area contributed by atoms with Crippen LogP contribution in [-0.4, -0.2) is 28.6 Å². The summed E-state index contributed by atoms with van der Waals surface area (Å²) in [5.74, 6) is 0.752. The third kappa shape index (κ3) is 1.80. The molecule has 2 heterocycles. The van der Waals surface area contributed by atoms with E-state index in [1.165, 1.54) is 0 Å². The molecule has 2 N–H and O–H groups in total. The van der Waals surface area contributed by atoms with Gasteiger partial charge in [-0.1, -0.05) is 0 Å². The Labute approximate surface area is 110 Å². The number of imidazole rings is 1. The lowest BCUT2D eigenvalue weighted by atomic mass is 10.1. The molecule has 0 aliphatic carbocycles. The Balaban J connectivity index is 2.15. The van der Waals surface area contributed by atoms with Crippen molar-refractivity contribution in [2.45, 2.75) is 6.92 Å². The number of fused-ring (bicyclic) bond motifs is 1. The second kappa shape index (κ2) is 4.28. The van der Waals surface area contributed by atoms with E-state index in [2.05, 4.69) is 26.7 Å². The van der Waals surface area contributed by atoms with Gasteiger partial charge in [0.2, 0.25) is 0 Å². The summed E-state index contributed by atoms with van der Waals surface area (Å²) in [4.78, 5) is 8.67. The average molecular weight is 254 g/mol. The highest BCUT2D eigenvalue weighted by Gasteiger charge is 2.15. The summed E-state index contributed by atoms with van der Waals surface area (Å²) < 4.78 is 1.87. The molecule has 1 aromatic heterocycles. The van der Waals surface area contributed by atoms with E-state index >= 15 is 0 Å². The highest BCUT2D eigenvalue weighted by molar-refractivity contribution is 5.99. The predicted molar refractivity (Wildman–Crippen MR) is 74.1 cm³/mol. The number of nitrogens with one attached hydrogen (secondary N) is 2. The van der Waals surface area contributed by atoms with Crippen molar-refractivity contribution in [3.8, 4) is 6.07 Å². The Morgan fingerprint density at radius 1 is 1.53 bits per heavy atom. The maximum Gasteiger partial charge on any atom is 0.195 e. The van der Waals surface area contributed by atoms with Crippen LogP contribution in [0.1, 0.15) is 11.1 Å². The zero-order chi connectivity index (χ0) is 13.4. The molecule has 2 aromatic rings. The van der Waals surface area contributed by atoms with Crippen molar-refractivity contribution >= 4 is 22.7 Å². The van der Waals surface area contributed by atoms with Crippen LogP contribution in [0.5, 0.6) is 0 Å². The van der Waals surface area contributed by atoms with Crippen LogP contribution in [-0.2, 0) is 7.05 Å². The summed E-state index contributed by atoms with van der Waals surface area (Å²) in [6.07, 6.45) is 1.73. The van der Waals surface area contributed by atoms with Crippen molar-refractivity contribution < 1.29 is 0 Å². The fourth-order valence-electron chi connectivity index (χ4n) is 2.30. The number of aromatic nitrogens is 2. The summed E-state index contributed by atoms with van der Waals surface area (Å²) in [5.41, 5.74) is 4.22. The fourth-order valence-corrected chi connectivity index (χ4v) is 2.30. The van der Waals surface area contributed by atoms with Gasteiger partial charge in [-0.3, -0.25) is 4.99 Å². The van der Waals surface area contributed by atoms with E-state index in [-0.39, 0.29) is 0 Å². The number of hydrogen-bond donors (Lipinski definition) is 2. The first-order valence-electron chi connectivity index (χ1n) is 6.11. The topological polar surface area (TPSA) is 78.0 Å². The number of benzene rings is 1. The Bertz CT molecular complexity index is 719. The molecular weight excluding hydrogens is 240 g/mol. The molecule has 6 nitrogen and oxygen atoms in total. The van der Waals surface area contributed by atoms with Gasteiger partial charge in [0.1, 0.15) is 6.07 Å². The van der Waals surface area contributed by atoms with Gasteiger partial charge < -0.3 is 15.2 Å². The molecule has 0 amide bonds. The minimum absolute atomic E-state index is 0.613. The molecule has 0 fully saturated rings. The van der Waals surface area contributed by atoms with Crippen molar-refractivity contribution in [3.05, 3.63) is 23.5 Å². The predicted octanol–water partition coefficient (Wildman–Crippen LogP) is 1.12. The molecule has 0 atom stereocenters. The minimum Gasteiger partial charge on any atom is -0.354 e. The summed E-state index contributed by atoms with van der Waals surface area (Å²) in [6, 6.07) is 4.08. The molecule has 3 rings (SSSR count). The lowest BCUT2D eigenvalue weighted by Crippen LogP contribution is -2.26. The molecule has 0 bridgehead atoms. The van der Waals surface area contributed by atoms with Crippen LogP contribution in [0, 0.1) is 18.3 Å². The van der Waals surface area contributed by atoms with Crippen molar-refractivity contribution in [3.63, 3.8) is 0 Å². The smallest absolute Gasteiger partial charge is 0.195 e. The summed E-state index contributed by atoms with van der Waals surface area (Å²) in [5, 5.41) is 15.7. The second-order valence-corrected chi connectivity index (χ2v) is 4.54. The lowest BCUT2D eigenvalue weighted by molar-refractivity contribution is 0.946. The van der Waals surface area contributed by atoms with Crippen LogP contribution in [0.3, 0.4) is 0 Å². The number of anilines is 1. The van der Waals surface area contributed by atoms with Gasteiger partial charge in [0, 0.05) is 24.8 Å². The van der Waals surface area contributed by atoms with Crippen LogP contribution >= 0.6 is 0 Å². The van der Waals surface area contributed by atoms with Gasteiger partial charge >= 0.3 is 0 Å². The van der Waals surface area contributed by atoms with Crippen LogP contribution in [0.15, 0.2) is 17.4 Å².